The first-order valence-corrected chi connectivity index (χ1v) is 6.25. The average molecular weight is 210 g/mol. The average Bonchev–Trinajstić information content (AvgIpc) is 2.85. The van der Waals surface area contributed by atoms with Gasteiger partial charge in [0.1, 0.15) is 0 Å². The molecule has 0 aromatic heterocycles. The molecule has 3 nitrogen and oxygen atoms in total. The largest absolute Gasteiger partial charge is 0.343 e. The highest BCUT2D eigenvalue weighted by atomic mass is 16.2. The molecule has 1 aliphatic carbocycles. The van der Waals surface area contributed by atoms with Gasteiger partial charge in [0.2, 0.25) is 5.91 Å². The molecule has 0 aromatic rings. The fraction of sp³-hybridized carbons (Fsp3) is 0.917. The molecule has 1 aliphatic heterocycles. The van der Waals surface area contributed by atoms with E-state index in [0.29, 0.717) is 24.2 Å². The van der Waals surface area contributed by atoms with E-state index in [2.05, 4.69) is 0 Å². The second-order valence-electron chi connectivity index (χ2n) is 5.02. The first kappa shape index (κ1) is 10.9. The van der Waals surface area contributed by atoms with Crippen LogP contribution < -0.4 is 5.73 Å². The van der Waals surface area contributed by atoms with Crippen LogP contribution in [-0.4, -0.2) is 29.9 Å². The topological polar surface area (TPSA) is 46.3 Å². The molecule has 2 unspecified atom stereocenters. The Morgan fingerprint density at radius 1 is 1.40 bits per heavy atom. The van der Waals surface area contributed by atoms with Crippen LogP contribution in [-0.2, 0) is 4.79 Å². The molecule has 1 heterocycles. The highest BCUT2D eigenvalue weighted by Crippen LogP contribution is 2.33. The van der Waals surface area contributed by atoms with Crippen molar-refractivity contribution in [1.29, 1.82) is 0 Å². The Hall–Kier alpha value is -0.570. The summed E-state index contributed by atoms with van der Waals surface area (Å²) < 4.78 is 0. The molecule has 1 saturated heterocycles. The van der Waals surface area contributed by atoms with Gasteiger partial charge < -0.3 is 10.6 Å². The van der Waals surface area contributed by atoms with Crippen molar-refractivity contribution in [3.05, 3.63) is 0 Å². The number of rotatable bonds is 3. The standard InChI is InChI=1S/C12H22N2O/c1-2-14-8-10(7-11(14)15)12(13)9-5-3-4-6-9/h9-10,12H,2-8,13H2,1H3. The molecule has 2 N–H and O–H groups in total. The minimum atomic E-state index is 0.257. The zero-order valence-corrected chi connectivity index (χ0v) is 9.61. The number of nitrogens with zero attached hydrogens (tertiary/aromatic N) is 1. The quantitative estimate of drug-likeness (QED) is 0.764. The minimum absolute atomic E-state index is 0.257. The molecule has 0 radical (unpaired) electrons. The monoisotopic (exact) mass is 210 g/mol. The zero-order chi connectivity index (χ0) is 10.8. The van der Waals surface area contributed by atoms with Crippen molar-refractivity contribution >= 4 is 5.91 Å². The summed E-state index contributed by atoms with van der Waals surface area (Å²) in [7, 11) is 0. The summed E-state index contributed by atoms with van der Waals surface area (Å²) in [6, 6.07) is 0.257. The van der Waals surface area contributed by atoms with Crippen LogP contribution in [0.4, 0.5) is 0 Å². The van der Waals surface area contributed by atoms with Crippen LogP contribution in [0.15, 0.2) is 0 Å². The molecule has 0 bridgehead atoms. The first-order chi connectivity index (χ1) is 7.22. The minimum Gasteiger partial charge on any atom is -0.343 e. The van der Waals surface area contributed by atoms with Gasteiger partial charge in [-0.15, -0.1) is 0 Å². The molecule has 86 valence electrons. The third-order valence-corrected chi connectivity index (χ3v) is 4.11. The van der Waals surface area contributed by atoms with E-state index in [-0.39, 0.29) is 6.04 Å². The SMILES string of the molecule is CCN1CC(C(N)C2CCCC2)CC1=O. The van der Waals surface area contributed by atoms with Gasteiger partial charge in [0.05, 0.1) is 0 Å². The fourth-order valence-electron chi connectivity index (χ4n) is 3.09. The Bertz CT molecular complexity index is 236. The van der Waals surface area contributed by atoms with Crippen molar-refractivity contribution in [2.24, 2.45) is 17.6 Å². The van der Waals surface area contributed by atoms with Crippen LogP contribution in [0, 0.1) is 11.8 Å². The number of hydrogen-bond acceptors (Lipinski definition) is 2. The van der Waals surface area contributed by atoms with Crippen molar-refractivity contribution in [2.75, 3.05) is 13.1 Å². The lowest BCUT2D eigenvalue weighted by Gasteiger charge is -2.24. The summed E-state index contributed by atoms with van der Waals surface area (Å²) in [5, 5.41) is 0. The van der Waals surface area contributed by atoms with Gasteiger partial charge in [-0.25, -0.2) is 0 Å². The molecule has 15 heavy (non-hydrogen) atoms. The molecular formula is C12H22N2O. The number of carbonyl (C=O) groups excluding carboxylic acids is 1. The highest BCUT2D eigenvalue weighted by molar-refractivity contribution is 5.78. The molecular weight excluding hydrogens is 188 g/mol. The second kappa shape index (κ2) is 4.52. The Morgan fingerprint density at radius 3 is 2.60 bits per heavy atom. The molecule has 1 saturated carbocycles. The van der Waals surface area contributed by atoms with E-state index in [0.717, 1.165) is 13.1 Å². The summed E-state index contributed by atoms with van der Waals surface area (Å²) in [6.45, 7) is 3.78. The molecule has 2 atom stereocenters. The van der Waals surface area contributed by atoms with Gasteiger partial charge in [-0.2, -0.15) is 0 Å². The van der Waals surface area contributed by atoms with Gasteiger partial charge in [0.15, 0.2) is 0 Å². The van der Waals surface area contributed by atoms with E-state index >= 15 is 0 Å². The van der Waals surface area contributed by atoms with Gasteiger partial charge in [0.25, 0.3) is 0 Å². The van der Waals surface area contributed by atoms with E-state index in [9.17, 15) is 4.79 Å². The smallest absolute Gasteiger partial charge is 0.222 e. The number of likely N-dealkylation sites (tertiary alicyclic amines) is 1. The lowest BCUT2D eigenvalue weighted by atomic mass is 9.87. The summed E-state index contributed by atoms with van der Waals surface area (Å²) in [6.07, 6.45) is 5.90. The van der Waals surface area contributed by atoms with Crippen molar-refractivity contribution in [3.8, 4) is 0 Å². The van der Waals surface area contributed by atoms with Crippen LogP contribution >= 0.6 is 0 Å². The Kier molecular flexibility index (Phi) is 3.29. The second-order valence-corrected chi connectivity index (χ2v) is 5.02. The normalized spacial score (nSPS) is 30.1. The van der Waals surface area contributed by atoms with Crippen LogP contribution in [0.5, 0.6) is 0 Å². The predicted octanol–water partition coefficient (Wildman–Crippen LogP) is 1.37. The number of carbonyl (C=O) groups is 1. The van der Waals surface area contributed by atoms with Crippen molar-refractivity contribution in [2.45, 2.75) is 45.1 Å². The fourth-order valence-corrected chi connectivity index (χ4v) is 3.09. The van der Waals surface area contributed by atoms with E-state index < -0.39 is 0 Å². The molecule has 0 aromatic carbocycles. The van der Waals surface area contributed by atoms with E-state index in [1.54, 1.807) is 0 Å². The van der Waals surface area contributed by atoms with Crippen LogP contribution in [0.1, 0.15) is 39.0 Å². The molecule has 2 aliphatic rings. The van der Waals surface area contributed by atoms with Gasteiger partial charge in [0, 0.05) is 31.5 Å². The van der Waals surface area contributed by atoms with Crippen LogP contribution in [0.25, 0.3) is 0 Å². The predicted molar refractivity (Wildman–Crippen MR) is 60.3 cm³/mol. The maximum Gasteiger partial charge on any atom is 0.222 e. The molecule has 1 amide bonds. The molecule has 3 heteroatoms. The van der Waals surface area contributed by atoms with Crippen LogP contribution in [0.2, 0.25) is 0 Å². The van der Waals surface area contributed by atoms with E-state index in [4.69, 9.17) is 5.73 Å². The first-order valence-electron chi connectivity index (χ1n) is 6.25. The summed E-state index contributed by atoms with van der Waals surface area (Å²) >= 11 is 0. The molecule has 2 rings (SSSR count). The van der Waals surface area contributed by atoms with E-state index in [1.165, 1.54) is 25.7 Å². The number of amides is 1. The van der Waals surface area contributed by atoms with Crippen LogP contribution in [0.3, 0.4) is 0 Å². The summed E-state index contributed by atoms with van der Waals surface area (Å²) in [5.41, 5.74) is 6.28. The summed E-state index contributed by atoms with van der Waals surface area (Å²) in [4.78, 5) is 13.5. The summed E-state index contributed by atoms with van der Waals surface area (Å²) in [5.74, 6) is 1.40. The molecule has 2 fully saturated rings. The van der Waals surface area contributed by atoms with Gasteiger partial charge in [-0.1, -0.05) is 12.8 Å². The Morgan fingerprint density at radius 2 is 2.07 bits per heavy atom. The van der Waals surface area contributed by atoms with Crippen molar-refractivity contribution in [1.82, 2.24) is 4.90 Å². The number of hydrogen-bond donors (Lipinski definition) is 1. The third kappa shape index (κ3) is 2.17. The van der Waals surface area contributed by atoms with Crippen molar-refractivity contribution < 1.29 is 4.79 Å². The molecule has 0 spiro atoms. The number of nitrogens with two attached hydrogens (primary N) is 1. The zero-order valence-electron chi connectivity index (χ0n) is 9.61. The Labute approximate surface area is 92.0 Å². The van der Waals surface area contributed by atoms with E-state index in [1.807, 2.05) is 11.8 Å². The lowest BCUT2D eigenvalue weighted by molar-refractivity contribution is -0.127. The van der Waals surface area contributed by atoms with Gasteiger partial charge >= 0.3 is 0 Å². The Balaban J connectivity index is 1.91. The van der Waals surface area contributed by atoms with Gasteiger partial charge in [-0.05, 0) is 25.7 Å². The van der Waals surface area contributed by atoms with Gasteiger partial charge in [-0.3, -0.25) is 4.79 Å². The maximum atomic E-state index is 11.6. The van der Waals surface area contributed by atoms with Crippen molar-refractivity contribution in [3.63, 3.8) is 0 Å². The lowest BCUT2D eigenvalue weighted by Crippen LogP contribution is -2.38. The highest BCUT2D eigenvalue weighted by Gasteiger charge is 2.36. The maximum absolute atomic E-state index is 11.6. The third-order valence-electron chi connectivity index (χ3n) is 4.11.